The molecule has 5 atom stereocenters. The summed E-state index contributed by atoms with van der Waals surface area (Å²) in [5.41, 5.74) is 8.73. The maximum Gasteiger partial charge on any atom is 0.302 e. The average molecular weight is 297 g/mol. The largest absolute Gasteiger partial charge is 0.463 e. The number of azide groups is 1. The van der Waals surface area contributed by atoms with Crippen LogP contribution in [0.25, 0.3) is 10.4 Å². The second kappa shape index (κ2) is 6.03. The molecule has 8 heteroatoms. The van der Waals surface area contributed by atoms with Gasteiger partial charge in [0, 0.05) is 11.8 Å². The van der Waals surface area contributed by atoms with Crippen LogP contribution in [0.2, 0.25) is 0 Å². The average Bonchev–Trinajstić information content (AvgIpc) is 2.73. The van der Waals surface area contributed by atoms with Crippen LogP contribution in [-0.2, 0) is 23.7 Å². The molecule has 8 nitrogen and oxygen atoms in total. The van der Waals surface area contributed by atoms with Gasteiger partial charge in [0.2, 0.25) is 0 Å². The number of rotatable bonds is 4. The molecule has 2 fully saturated rings. The van der Waals surface area contributed by atoms with Gasteiger partial charge >= 0.3 is 5.97 Å². The Morgan fingerprint density at radius 1 is 1.48 bits per heavy atom. The fourth-order valence-electron chi connectivity index (χ4n) is 2.64. The normalized spacial score (nSPS) is 37.2. The molecule has 116 valence electrons. The Morgan fingerprint density at radius 2 is 2.14 bits per heavy atom. The summed E-state index contributed by atoms with van der Waals surface area (Å²) in [5.74, 6) is -1.23. The number of esters is 1. The number of carbonyl (C=O) groups is 1. The highest BCUT2D eigenvalue weighted by molar-refractivity contribution is 5.65. The van der Waals surface area contributed by atoms with E-state index in [1.165, 1.54) is 6.92 Å². The van der Waals surface area contributed by atoms with Gasteiger partial charge in [-0.3, -0.25) is 4.79 Å². The van der Waals surface area contributed by atoms with Gasteiger partial charge in [0.1, 0.15) is 24.9 Å². The summed E-state index contributed by atoms with van der Waals surface area (Å²) in [6, 6.07) is -0.576. The summed E-state index contributed by atoms with van der Waals surface area (Å²) in [7, 11) is 0. The van der Waals surface area contributed by atoms with Gasteiger partial charge in [-0.1, -0.05) is 11.2 Å². The number of hydrogen-bond donors (Lipinski definition) is 0. The van der Waals surface area contributed by atoms with Gasteiger partial charge < -0.3 is 18.9 Å². The molecule has 0 aromatic carbocycles. The van der Waals surface area contributed by atoms with Crippen molar-refractivity contribution in [3.05, 3.63) is 23.1 Å². The Balaban J connectivity index is 2.24. The molecule has 0 aromatic rings. The fourth-order valence-corrected chi connectivity index (χ4v) is 2.64. The molecule has 5 unspecified atom stereocenters. The SMILES string of the molecule is C=CC1OC(COC(C)=O)C2OC(C)(C)OC2C1N=[N+]=[N-]. The van der Waals surface area contributed by atoms with Crippen LogP contribution in [0, 0.1) is 0 Å². The lowest BCUT2D eigenvalue weighted by atomic mass is 9.93. The van der Waals surface area contributed by atoms with Crippen LogP contribution in [0.1, 0.15) is 20.8 Å². The van der Waals surface area contributed by atoms with Crippen LogP contribution in [0.5, 0.6) is 0 Å². The van der Waals surface area contributed by atoms with Gasteiger partial charge in [-0.15, -0.1) is 6.58 Å². The van der Waals surface area contributed by atoms with E-state index in [0.717, 1.165) is 0 Å². The monoisotopic (exact) mass is 297 g/mol. The standard InChI is InChI=1S/C13H19N3O5/c1-5-8-10(15-16-14)12-11(20-13(3,4)21-12)9(19-8)6-18-7(2)17/h5,8-12H,1,6H2,2-4H3. The second-order valence-corrected chi connectivity index (χ2v) is 5.44. The third kappa shape index (κ3) is 3.36. The van der Waals surface area contributed by atoms with Crippen molar-refractivity contribution in [1.29, 1.82) is 0 Å². The minimum Gasteiger partial charge on any atom is -0.463 e. The first-order chi connectivity index (χ1) is 9.88. The molecule has 0 aromatic heterocycles. The molecule has 2 saturated heterocycles. The molecule has 2 aliphatic rings. The summed E-state index contributed by atoms with van der Waals surface area (Å²) >= 11 is 0. The van der Waals surface area contributed by atoms with Gasteiger partial charge in [0.05, 0.1) is 12.1 Å². The van der Waals surface area contributed by atoms with Crippen LogP contribution in [-0.4, -0.2) is 48.8 Å². The number of carbonyl (C=O) groups excluding carboxylic acids is 1. The first-order valence-corrected chi connectivity index (χ1v) is 6.69. The predicted molar refractivity (Wildman–Crippen MR) is 72.3 cm³/mol. The van der Waals surface area contributed by atoms with Gasteiger partial charge in [-0.25, -0.2) is 0 Å². The summed E-state index contributed by atoms with van der Waals surface area (Å²) < 4.78 is 22.4. The molecule has 2 rings (SSSR count). The van der Waals surface area contributed by atoms with E-state index in [1.54, 1.807) is 19.9 Å². The summed E-state index contributed by atoms with van der Waals surface area (Å²) in [6.45, 7) is 8.59. The van der Waals surface area contributed by atoms with Gasteiger partial charge in [0.25, 0.3) is 0 Å². The van der Waals surface area contributed by atoms with Gasteiger partial charge in [-0.2, -0.15) is 0 Å². The zero-order valence-corrected chi connectivity index (χ0v) is 12.3. The Labute approximate surface area is 122 Å². The third-order valence-corrected chi connectivity index (χ3v) is 3.40. The minimum absolute atomic E-state index is 0.0449. The molecule has 0 aliphatic carbocycles. The zero-order chi connectivity index (χ0) is 15.6. The molecule has 2 heterocycles. The van der Waals surface area contributed by atoms with E-state index in [2.05, 4.69) is 16.6 Å². The molecule has 2 aliphatic heterocycles. The maximum absolute atomic E-state index is 11.0. The van der Waals surface area contributed by atoms with Crippen molar-refractivity contribution in [2.24, 2.45) is 5.11 Å². The lowest BCUT2D eigenvalue weighted by Crippen LogP contribution is -2.56. The van der Waals surface area contributed by atoms with E-state index in [9.17, 15) is 4.79 Å². The van der Waals surface area contributed by atoms with Crippen molar-refractivity contribution >= 4 is 5.97 Å². The molecule has 0 bridgehead atoms. The predicted octanol–water partition coefficient (Wildman–Crippen LogP) is 1.70. The van der Waals surface area contributed by atoms with Crippen molar-refractivity contribution in [3.8, 4) is 0 Å². The summed E-state index contributed by atoms with van der Waals surface area (Å²) in [6.07, 6.45) is -0.446. The third-order valence-electron chi connectivity index (χ3n) is 3.40. The van der Waals surface area contributed by atoms with Crippen molar-refractivity contribution < 1.29 is 23.7 Å². The van der Waals surface area contributed by atoms with E-state index >= 15 is 0 Å². The fraction of sp³-hybridized carbons (Fsp3) is 0.769. The first-order valence-electron chi connectivity index (χ1n) is 6.69. The lowest BCUT2D eigenvalue weighted by Gasteiger charge is -2.39. The van der Waals surface area contributed by atoms with Crippen LogP contribution < -0.4 is 0 Å². The first kappa shape index (κ1) is 15.8. The van der Waals surface area contributed by atoms with Crippen molar-refractivity contribution in [2.75, 3.05) is 6.61 Å². The van der Waals surface area contributed by atoms with Crippen LogP contribution in [0.3, 0.4) is 0 Å². The highest BCUT2D eigenvalue weighted by Gasteiger charge is 2.54. The lowest BCUT2D eigenvalue weighted by molar-refractivity contribution is -0.172. The summed E-state index contributed by atoms with van der Waals surface area (Å²) in [4.78, 5) is 13.8. The molecule has 0 spiro atoms. The van der Waals surface area contributed by atoms with E-state index < -0.39 is 42.2 Å². The molecule has 0 amide bonds. The Morgan fingerprint density at radius 3 is 2.71 bits per heavy atom. The number of ether oxygens (including phenoxy) is 4. The van der Waals surface area contributed by atoms with E-state index in [1.807, 2.05) is 0 Å². The maximum atomic E-state index is 11.0. The molecule has 21 heavy (non-hydrogen) atoms. The quantitative estimate of drug-likeness (QED) is 0.258. The highest BCUT2D eigenvalue weighted by atomic mass is 16.8. The molecular weight excluding hydrogens is 278 g/mol. The molecule has 0 N–H and O–H groups in total. The van der Waals surface area contributed by atoms with Crippen LogP contribution in [0.15, 0.2) is 17.8 Å². The topological polar surface area (TPSA) is 103 Å². The Hall–Kier alpha value is -1.60. The smallest absolute Gasteiger partial charge is 0.302 e. The van der Waals surface area contributed by atoms with Crippen LogP contribution in [0.4, 0.5) is 0 Å². The highest BCUT2D eigenvalue weighted by Crippen LogP contribution is 2.39. The van der Waals surface area contributed by atoms with Crippen molar-refractivity contribution in [1.82, 2.24) is 0 Å². The minimum atomic E-state index is -0.827. The Kier molecular flexibility index (Phi) is 4.53. The van der Waals surface area contributed by atoms with E-state index in [-0.39, 0.29) is 6.61 Å². The molecule has 0 radical (unpaired) electrons. The van der Waals surface area contributed by atoms with Crippen LogP contribution >= 0.6 is 0 Å². The van der Waals surface area contributed by atoms with Crippen molar-refractivity contribution in [2.45, 2.75) is 57.0 Å². The van der Waals surface area contributed by atoms with Gasteiger partial charge in [-0.05, 0) is 19.4 Å². The summed E-state index contributed by atoms with van der Waals surface area (Å²) in [5, 5.41) is 3.75. The number of hydrogen-bond acceptors (Lipinski definition) is 6. The molecular formula is C13H19N3O5. The number of fused-ring (bicyclic) bond motifs is 1. The van der Waals surface area contributed by atoms with E-state index in [4.69, 9.17) is 24.5 Å². The number of nitrogens with zero attached hydrogens (tertiary/aromatic N) is 3. The van der Waals surface area contributed by atoms with E-state index in [0.29, 0.717) is 0 Å². The zero-order valence-electron chi connectivity index (χ0n) is 12.3. The second-order valence-electron chi connectivity index (χ2n) is 5.44. The van der Waals surface area contributed by atoms with Gasteiger partial charge in [0.15, 0.2) is 5.79 Å². The Bertz CT molecular complexity index is 474. The van der Waals surface area contributed by atoms with Crippen molar-refractivity contribution in [3.63, 3.8) is 0 Å². The molecule has 0 saturated carbocycles.